The van der Waals surface area contributed by atoms with Crippen molar-refractivity contribution in [3.05, 3.63) is 47.5 Å². The molecule has 1 aliphatic heterocycles. The van der Waals surface area contributed by atoms with E-state index in [4.69, 9.17) is 28.4 Å². The molecule has 1 N–H and O–H groups in total. The van der Waals surface area contributed by atoms with Gasteiger partial charge in [0.25, 0.3) is 0 Å². The number of carbonyl (C=O) groups excluding carboxylic acids is 3. The molecule has 5 fully saturated rings. The molecule has 1 aromatic rings. The van der Waals surface area contributed by atoms with Gasteiger partial charge in [-0.1, -0.05) is 76.1 Å². The third-order valence-electron chi connectivity index (χ3n) is 14.7. The first-order valence-corrected chi connectivity index (χ1v) is 20.1. The zero-order valence-corrected chi connectivity index (χ0v) is 32.6. The highest BCUT2D eigenvalue weighted by Gasteiger charge is 2.84. The molecule has 7 unspecified atom stereocenters. The van der Waals surface area contributed by atoms with Crippen molar-refractivity contribution in [3.8, 4) is 0 Å². The van der Waals surface area contributed by atoms with Crippen LogP contribution < -0.4 is 0 Å². The topological polar surface area (TPSA) is 144 Å². The minimum Gasteiger partial charge on any atom is -0.481 e. The molecule has 0 spiro atoms. The van der Waals surface area contributed by atoms with Crippen molar-refractivity contribution in [2.45, 2.75) is 123 Å². The molecule has 12 atom stereocenters. The predicted molar refractivity (Wildman–Crippen MR) is 196 cm³/mol. The van der Waals surface area contributed by atoms with Gasteiger partial charge in [0.05, 0.1) is 24.0 Å². The Labute approximate surface area is 318 Å². The Hall–Kier alpha value is -3.28. The molecule has 4 saturated carbocycles. The van der Waals surface area contributed by atoms with Crippen molar-refractivity contribution in [2.75, 3.05) is 13.7 Å². The number of fused-ring (bicyclic) bond motifs is 2. The molecular weight excluding hydrogens is 692 g/mol. The van der Waals surface area contributed by atoms with Gasteiger partial charge in [0, 0.05) is 12.5 Å². The van der Waals surface area contributed by atoms with E-state index < -0.39 is 59.1 Å². The van der Waals surface area contributed by atoms with Crippen LogP contribution in [0.15, 0.2) is 42.0 Å². The smallest absolute Gasteiger partial charge is 0.481 e. The lowest BCUT2D eigenvalue weighted by Crippen LogP contribution is -2.65. The number of ether oxygens (including phenoxy) is 6. The van der Waals surface area contributed by atoms with Gasteiger partial charge < -0.3 is 38.3 Å². The van der Waals surface area contributed by atoms with Crippen LogP contribution in [-0.2, 0) is 49.4 Å². The summed E-state index contributed by atoms with van der Waals surface area (Å²) >= 11 is 0. The summed E-state index contributed by atoms with van der Waals surface area (Å²) in [7, 11) is 1.49. The number of carbonyl (C=O) groups is 4. The van der Waals surface area contributed by atoms with Gasteiger partial charge in [0.1, 0.15) is 24.4 Å². The number of carboxylic acid groups (broad SMARTS) is 1. The van der Waals surface area contributed by atoms with E-state index in [1.165, 1.54) is 7.11 Å². The van der Waals surface area contributed by atoms with Crippen LogP contribution >= 0.6 is 0 Å². The first kappa shape index (κ1) is 39.0. The Morgan fingerprint density at radius 1 is 0.944 bits per heavy atom. The molecule has 0 aromatic heterocycles. The second-order valence-corrected chi connectivity index (χ2v) is 17.7. The molecule has 0 radical (unpaired) electrons. The van der Waals surface area contributed by atoms with Crippen molar-refractivity contribution in [3.63, 3.8) is 0 Å². The van der Waals surface area contributed by atoms with Crippen molar-refractivity contribution in [1.29, 1.82) is 0 Å². The molecule has 1 saturated heterocycles. The standard InChI is InChI=1S/C43H58O11/c1-24(2)33-18-30-19-41(22-44)32-17-14-26(4)31(32)20-42(30,43(33,41)39(46)47)23-51-38-36(54-40(48)50-21-28-10-8-7-9-11-28)35(34(49-6)27(5)52-38)53-37(45)29-15-12-25(3)13-16-29/h7-11,18,22,24-27,29-32,34-36,38H,12-17,19-21,23H2,1-6H3,(H,46,47)/t25-,26?,27-,29-,30?,31?,32?,34-,35-,36+,38-,41?,42?,43?/m1/s1. The Kier molecular flexibility index (Phi) is 10.8. The molecule has 4 bridgehead atoms. The highest BCUT2D eigenvalue weighted by Crippen LogP contribution is 2.82. The van der Waals surface area contributed by atoms with E-state index in [-0.39, 0.29) is 48.8 Å². The van der Waals surface area contributed by atoms with E-state index in [0.717, 1.165) is 43.1 Å². The molecule has 1 aromatic carbocycles. The van der Waals surface area contributed by atoms with Crippen molar-refractivity contribution in [2.24, 2.45) is 57.7 Å². The van der Waals surface area contributed by atoms with Crippen molar-refractivity contribution in [1.82, 2.24) is 0 Å². The summed E-state index contributed by atoms with van der Waals surface area (Å²) in [5.74, 6) is -0.997. The quantitative estimate of drug-likeness (QED) is 0.132. The Balaban J connectivity index is 1.22. The molecule has 1 heterocycles. The number of hydrogen-bond acceptors (Lipinski definition) is 10. The Bertz CT molecular complexity index is 1600. The van der Waals surface area contributed by atoms with Gasteiger partial charge in [-0.25, -0.2) is 4.79 Å². The second-order valence-electron chi connectivity index (χ2n) is 17.7. The van der Waals surface area contributed by atoms with Crippen LogP contribution in [0.3, 0.4) is 0 Å². The first-order chi connectivity index (χ1) is 25.8. The van der Waals surface area contributed by atoms with Gasteiger partial charge >= 0.3 is 18.1 Å². The normalized spacial score (nSPS) is 42.2. The number of esters is 1. The molecule has 11 nitrogen and oxygen atoms in total. The van der Waals surface area contributed by atoms with E-state index in [9.17, 15) is 24.3 Å². The minimum atomic E-state index is -1.46. The largest absolute Gasteiger partial charge is 0.509 e. The summed E-state index contributed by atoms with van der Waals surface area (Å²) in [6, 6.07) is 9.20. The van der Waals surface area contributed by atoms with Crippen LogP contribution in [-0.4, -0.2) is 73.9 Å². The molecule has 5 aliphatic carbocycles. The lowest BCUT2D eigenvalue weighted by atomic mass is 9.43. The van der Waals surface area contributed by atoms with E-state index in [0.29, 0.717) is 37.5 Å². The maximum absolute atomic E-state index is 14.0. The van der Waals surface area contributed by atoms with Crippen LogP contribution in [0.5, 0.6) is 0 Å². The fourth-order valence-electron chi connectivity index (χ4n) is 12.1. The fourth-order valence-corrected chi connectivity index (χ4v) is 12.1. The number of benzene rings is 1. The van der Waals surface area contributed by atoms with Crippen LogP contribution in [0.2, 0.25) is 0 Å². The number of methoxy groups -OCH3 is 1. The summed E-state index contributed by atoms with van der Waals surface area (Å²) in [6.45, 7) is 10.1. The van der Waals surface area contributed by atoms with E-state index in [2.05, 4.69) is 19.9 Å². The molecule has 54 heavy (non-hydrogen) atoms. The highest BCUT2D eigenvalue weighted by atomic mass is 16.8. The Morgan fingerprint density at radius 3 is 2.31 bits per heavy atom. The summed E-state index contributed by atoms with van der Waals surface area (Å²) in [4.78, 5) is 54.8. The number of aldehydes is 1. The third-order valence-corrected chi connectivity index (χ3v) is 14.7. The van der Waals surface area contributed by atoms with Gasteiger partial charge in [-0.15, -0.1) is 0 Å². The number of hydrogen-bond donors (Lipinski definition) is 1. The predicted octanol–water partition coefficient (Wildman–Crippen LogP) is 7.15. The molecule has 0 amide bonds. The highest BCUT2D eigenvalue weighted by molar-refractivity contribution is 5.90. The minimum absolute atomic E-state index is 0.0304. The van der Waals surface area contributed by atoms with Gasteiger partial charge in [0.15, 0.2) is 18.5 Å². The summed E-state index contributed by atoms with van der Waals surface area (Å²) < 4.78 is 36.9. The molecule has 7 rings (SSSR count). The second kappa shape index (κ2) is 15.0. The summed E-state index contributed by atoms with van der Waals surface area (Å²) in [6.07, 6.45) is 3.03. The number of carboxylic acids is 1. The number of aliphatic carboxylic acids is 1. The molecule has 296 valence electrons. The van der Waals surface area contributed by atoms with Gasteiger partial charge in [-0.05, 0) is 92.9 Å². The van der Waals surface area contributed by atoms with Gasteiger partial charge in [-0.2, -0.15) is 0 Å². The SMILES string of the molecule is CO[C@H]1[C@@H](OC(=O)[C@H]2CC[C@H](C)CC2)[C@H](OC(=O)OCc2ccccc2)[C@H](OCC23CC4C(C)CCC4C4(C=O)CC2C=C(C(C)C)C43C(=O)O)O[C@@H]1C. The molecule has 6 aliphatic rings. The zero-order valence-electron chi connectivity index (χ0n) is 32.6. The van der Waals surface area contributed by atoms with E-state index >= 15 is 0 Å². The first-order valence-electron chi connectivity index (χ1n) is 20.1. The monoisotopic (exact) mass is 750 g/mol. The fraction of sp³-hybridized carbons (Fsp3) is 0.721. The zero-order chi connectivity index (χ0) is 38.6. The van der Waals surface area contributed by atoms with Crippen LogP contribution in [0, 0.1) is 57.7 Å². The average Bonchev–Trinajstić information content (AvgIpc) is 3.72. The maximum atomic E-state index is 14.0. The Morgan fingerprint density at radius 2 is 1.67 bits per heavy atom. The van der Waals surface area contributed by atoms with Gasteiger partial charge in [-0.3, -0.25) is 9.59 Å². The van der Waals surface area contributed by atoms with Crippen molar-refractivity contribution < 1.29 is 52.7 Å². The van der Waals surface area contributed by atoms with Crippen LogP contribution in [0.25, 0.3) is 0 Å². The van der Waals surface area contributed by atoms with Crippen molar-refractivity contribution >= 4 is 24.4 Å². The molecule has 11 heteroatoms. The van der Waals surface area contributed by atoms with Gasteiger partial charge in [0.2, 0.25) is 0 Å². The maximum Gasteiger partial charge on any atom is 0.509 e. The van der Waals surface area contributed by atoms with E-state index in [1.54, 1.807) is 6.92 Å². The summed E-state index contributed by atoms with van der Waals surface area (Å²) in [5, 5.41) is 11.5. The number of allylic oxidation sites excluding steroid dienone is 1. The van der Waals surface area contributed by atoms with Crippen LogP contribution in [0.4, 0.5) is 4.79 Å². The lowest BCUT2D eigenvalue weighted by molar-refractivity contribution is -0.310. The lowest BCUT2D eigenvalue weighted by Gasteiger charge is -2.58. The van der Waals surface area contributed by atoms with E-state index in [1.807, 2.05) is 44.2 Å². The third kappa shape index (κ3) is 6.02. The average molecular weight is 751 g/mol. The number of rotatable bonds is 12. The molecular formula is C43H58O11. The van der Waals surface area contributed by atoms with Crippen LogP contribution in [0.1, 0.15) is 91.5 Å². The summed E-state index contributed by atoms with van der Waals surface area (Å²) in [5.41, 5.74) is -1.92.